The second-order valence-electron chi connectivity index (χ2n) is 6.90. The summed E-state index contributed by atoms with van der Waals surface area (Å²) in [6.45, 7) is 7.80. The van der Waals surface area contributed by atoms with Crippen LogP contribution in [0.4, 0.5) is 5.69 Å². The molecule has 5 heteroatoms. The zero-order valence-electron chi connectivity index (χ0n) is 15.2. The van der Waals surface area contributed by atoms with Gasteiger partial charge in [-0.15, -0.1) is 0 Å². The molecule has 2 amide bonds. The van der Waals surface area contributed by atoms with Crippen molar-refractivity contribution >= 4 is 17.5 Å². The lowest BCUT2D eigenvalue weighted by Gasteiger charge is -2.23. The molecule has 1 aromatic heterocycles. The number of hydrogen-bond donors (Lipinski definition) is 2. The van der Waals surface area contributed by atoms with E-state index in [9.17, 15) is 9.59 Å². The highest BCUT2D eigenvalue weighted by Crippen LogP contribution is 2.21. The van der Waals surface area contributed by atoms with Crippen molar-refractivity contribution < 1.29 is 9.59 Å². The molecule has 0 saturated heterocycles. The standard InChI is InChI=1S/C20H25N3O2/c1-14(2)16-7-9-17(10-8-16)23-19(25)20(3,4)18(24)22-13-15-6-5-11-21-12-15/h5-12,14H,13H2,1-4H3,(H,22,24)(H,23,25). The molecule has 2 aromatic rings. The van der Waals surface area contributed by atoms with Crippen LogP contribution in [0.5, 0.6) is 0 Å². The Kier molecular flexibility index (Phi) is 5.91. The molecule has 0 atom stereocenters. The summed E-state index contributed by atoms with van der Waals surface area (Å²) in [4.78, 5) is 28.9. The number of carbonyl (C=O) groups excluding carboxylic acids is 2. The molecule has 1 heterocycles. The van der Waals surface area contributed by atoms with E-state index in [-0.39, 0.29) is 11.8 Å². The van der Waals surface area contributed by atoms with Gasteiger partial charge in [0.2, 0.25) is 11.8 Å². The second kappa shape index (κ2) is 7.92. The molecule has 0 aliphatic carbocycles. The van der Waals surface area contributed by atoms with Gasteiger partial charge in [0.05, 0.1) is 0 Å². The molecule has 0 radical (unpaired) electrons. The van der Waals surface area contributed by atoms with Crippen molar-refractivity contribution in [3.8, 4) is 0 Å². The first kappa shape index (κ1) is 18.6. The van der Waals surface area contributed by atoms with Crippen LogP contribution in [0.25, 0.3) is 0 Å². The van der Waals surface area contributed by atoms with Crippen LogP contribution in [0.15, 0.2) is 48.8 Å². The Hall–Kier alpha value is -2.69. The number of benzene rings is 1. The Bertz CT molecular complexity index is 722. The number of rotatable bonds is 6. The van der Waals surface area contributed by atoms with Gasteiger partial charge >= 0.3 is 0 Å². The van der Waals surface area contributed by atoms with Gasteiger partial charge in [-0.2, -0.15) is 0 Å². The minimum absolute atomic E-state index is 0.326. The highest BCUT2D eigenvalue weighted by atomic mass is 16.2. The maximum Gasteiger partial charge on any atom is 0.239 e. The highest BCUT2D eigenvalue weighted by molar-refractivity contribution is 6.09. The maximum absolute atomic E-state index is 12.5. The van der Waals surface area contributed by atoms with E-state index in [2.05, 4.69) is 29.5 Å². The van der Waals surface area contributed by atoms with Gasteiger partial charge in [-0.1, -0.05) is 32.0 Å². The van der Waals surface area contributed by atoms with Crippen molar-refractivity contribution in [3.63, 3.8) is 0 Å². The van der Waals surface area contributed by atoms with Crippen LogP contribution < -0.4 is 10.6 Å². The van der Waals surface area contributed by atoms with Crippen molar-refractivity contribution in [3.05, 3.63) is 59.9 Å². The molecule has 0 bridgehead atoms. The van der Waals surface area contributed by atoms with Crippen molar-refractivity contribution in [1.82, 2.24) is 10.3 Å². The molecule has 2 N–H and O–H groups in total. The lowest BCUT2D eigenvalue weighted by Crippen LogP contribution is -2.44. The minimum Gasteiger partial charge on any atom is -0.351 e. The highest BCUT2D eigenvalue weighted by Gasteiger charge is 2.35. The fourth-order valence-electron chi connectivity index (χ4n) is 2.25. The number of pyridine rings is 1. The summed E-state index contributed by atoms with van der Waals surface area (Å²) >= 11 is 0. The van der Waals surface area contributed by atoms with Crippen LogP contribution >= 0.6 is 0 Å². The van der Waals surface area contributed by atoms with Gasteiger partial charge < -0.3 is 10.6 Å². The molecule has 0 aliphatic rings. The molecule has 2 rings (SSSR count). The number of nitrogens with zero attached hydrogens (tertiary/aromatic N) is 1. The molecule has 0 fully saturated rings. The number of nitrogens with one attached hydrogen (secondary N) is 2. The molecule has 0 unspecified atom stereocenters. The Labute approximate surface area is 148 Å². The van der Waals surface area contributed by atoms with Crippen LogP contribution in [0.1, 0.15) is 44.7 Å². The Morgan fingerprint density at radius 2 is 1.76 bits per heavy atom. The number of amides is 2. The SMILES string of the molecule is CC(C)c1ccc(NC(=O)C(C)(C)C(=O)NCc2cccnc2)cc1. The average Bonchev–Trinajstić information content (AvgIpc) is 2.60. The summed E-state index contributed by atoms with van der Waals surface area (Å²) in [5.41, 5.74) is 1.59. The fourth-order valence-corrected chi connectivity index (χ4v) is 2.25. The molecule has 1 aromatic carbocycles. The van der Waals surface area contributed by atoms with Crippen LogP contribution in [0.2, 0.25) is 0 Å². The second-order valence-corrected chi connectivity index (χ2v) is 6.90. The van der Waals surface area contributed by atoms with Crippen molar-refractivity contribution in [2.24, 2.45) is 5.41 Å². The first-order valence-corrected chi connectivity index (χ1v) is 8.39. The van der Waals surface area contributed by atoms with E-state index in [0.717, 1.165) is 5.56 Å². The molecular weight excluding hydrogens is 314 g/mol. The maximum atomic E-state index is 12.5. The van der Waals surface area contributed by atoms with Crippen LogP contribution in [-0.4, -0.2) is 16.8 Å². The summed E-state index contributed by atoms with van der Waals surface area (Å²) in [6.07, 6.45) is 3.36. The predicted molar refractivity (Wildman–Crippen MR) is 99.0 cm³/mol. The number of aromatic nitrogens is 1. The van der Waals surface area contributed by atoms with Crippen LogP contribution in [0.3, 0.4) is 0 Å². The van der Waals surface area contributed by atoms with E-state index in [0.29, 0.717) is 18.2 Å². The zero-order chi connectivity index (χ0) is 18.4. The Balaban J connectivity index is 1.97. The quantitative estimate of drug-likeness (QED) is 0.792. The molecule has 25 heavy (non-hydrogen) atoms. The summed E-state index contributed by atoms with van der Waals surface area (Å²) in [5.74, 6) is -0.236. The smallest absolute Gasteiger partial charge is 0.239 e. The van der Waals surface area contributed by atoms with Crippen molar-refractivity contribution in [2.45, 2.75) is 40.2 Å². The minimum atomic E-state index is -1.18. The van der Waals surface area contributed by atoms with E-state index in [1.807, 2.05) is 30.3 Å². The molecular formula is C20H25N3O2. The van der Waals surface area contributed by atoms with Gasteiger partial charge in [0.15, 0.2) is 0 Å². The van der Waals surface area contributed by atoms with Crippen molar-refractivity contribution in [1.29, 1.82) is 0 Å². The number of anilines is 1. The molecule has 0 aliphatic heterocycles. The van der Waals surface area contributed by atoms with Gasteiger partial charge in [0, 0.05) is 24.6 Å². The largest absolute Gasteiger partial charge is 0.351 e. The topological polar surface area (TPSA) is 71.1 Å². The van der Waals surface area contributed by atoms with E-state index >= 15 is 0 Å². The predicted octanol–water partition coefficient (Wildman–Crippen LogP) is 3.49. The monoisotopic (exact) mass is 339 g/mol. The zero-order valence-corrected chi connectivity index (χ0v) is 15.2. The lowest BCUT2D eigenvalue weighted by molar-refractivity contribution is -0.138. The van der Waals surface area contributed by atoms with E-state index in [1.54, 1.807) is 32.3 Å². The van der Waals surface area contributed by atoms with Gasteiger partial charge in [-0.05, 0) is 49.1 Å². The van der Waals surface area contributed by atoms with E-state index in [4.69, 9.17) is 0 Å². The summed E-state index contributed by atoms with van der Waals surface area (Å²) in [5, 5.41) is 5.61. The van der Waals surface area contributed by atoms with Gasteiger partial charge in [0.25, 0.3) is 0 Å². The molecule has 5 nitrogen and oxygen atoms in total. The average molecular weight is 339 g/mol. The summed E-state index contributed by atoms with van der Waals surface area (Å²) < 4.78 is 0. The van der Waals surface area contributed by atoms with Gasteiger partial charge in [0.1, 0.15) is 5.41 Å². The van der Waals surface area contributed by atoms with Crippen LogP contribution in [-0.2, 0) is 16.1 Å². The first-order chi connectivity index (χ1) is 11.8. The lowest BCUT2D eigenvalue weighted by atomic mass is 9.90. The third-order valence-electron chi connectivity index (χ3n) is 4.15. The Morgan fingerprint density at radius 3 is 2.32 bits per heavy atom. The summed E-state index contributed by atoms with van der Waals surface area (Å²) in [7, 11) is 0. The Morgan fingerprint density at radius 1 is 1.08 bits per heavy atom. The van der Waals surface area contributed by atoms with E-state index < -0.39 is 5.41 Å². The molecule has 0 spiro atoms. The fraction of sp³-hybridized carbons (Fsp3) is 0.350. The van der Waals surface area contributed by atoms with Crippen LogP contribution in [0, 0.1) is 5.41 Å². The van der Waals surface area contributed by atoms with Gasteiger partial charge in [-0.25, -0.2) is 0 Å². The van der Waals surface area contributed by atoms with Gasteiger partial charge in [-0.3, -0.25) is 14.6 Å². The first-order valence-electron chi connectivity index (χ1n) is 8.39. The third-order valence-corrected chi connectivity index (χ3v) is 4.15. The normalized spacial score (nSPS) is 11.2. The number of hydrogen-bond acceptors (Lipinski definition) is 3. The molecule has 132 valence electrons. The summed E-state index contributed by atoms with van der Waals surface area (Å²) in [6, 6.07) is 11.4. The molecule has 0 saturated carbocycles. The van der Waals surface area contributed by atoms with Crippen molar-refractivity contribution in [2.75, 3.05) is 5.32 Å². The van der Waals surface area contributed by atoms with E-state index in [1.165, 1.54) is 5.56 Å². The number of carbonyl (C=O) groups is 2. The third kappa shape index (κ3) is 4.89.